The summed E-state index contributed by atoms with van der Waals surface area (Å²) in [4.78, 5) is 0. The highest BCUT2D eigenvalue weighted by molar-refractivity contribution is 5.36. The molecule has 3 heteroatoms. The van der Waals surface area contributed by atoms with Crippen molar-refractivity contribution in [2.45, 2.75) is 65.1 Å². The van der Waals surface area contributed by atoms with Gasteiger partial charge in [0.25, 0.3) is 0 Å². The predicted octanol–water partition coefficient (Wildman–Crippen LogP) is 3.10. The molecule has 0 heterocycles. The van der Waals surface area contributed by atoms with Crippen LogP contribution in [-0.2, 0) is 12.8 Å². The Bertz CT molecular complexity index is 390. The second-order valence-electron chi connectivity index (χ2n) is 5.21. The third kappa shape index (κ3) is 5.14. The summed E-state index contributed by atoms with van der Waals surface area (Å²) < 4.78 is 5.64. The zero-order valence-electron chi connectivity index (χ0n) is 12.9. The Morgan fingerprint density at radius 2 is 1.80 bits per heavy atom. The van der Waals surface area contributed by atoms with E-state index in [4.69, 9.17) is 4.74 Å². The molecule has 0 aromatic heterocycles. The van der Waals surface area contributed by atoms with Gasteiger partial charge in [0, 0.05) is 0 Å². The molecule has 2 N–H and O–H groups in total. The van der Waals surface area contributed by atoms with Crippen molar-refractivity contribution in [3.63, 3.8) is 0 Å². The summed E-state index contributed by atoms with van der Waals surface area (Å²) in [6.07, 6.45) is 2.67. The van der Waals surface area contributed by atoms with Gasteiger partial charge in [-0.2, -0.15) is 0 Å². The molecule has 20 heavy (non-hydrogen) atoms. The summed E-state index contributed by atoms with van der Waals surface area (Å²) in [5, 5.41) is 19.4. The highest BCUT2D eigenvalue weighted by Gasteiger charge is 2.14. The third-order valence-electron chi connectivity index (χ3n) is 3.60. The lowest BCUT2D eigenvalue weighted by molar-refractivity contribution is 0.0130. The average molecular weight is 280 g/mol. The van der Waals surface area contributed by atoms with Crippen LogP contribution in [0.4, 0.5) is 0 Å². The van der Waals surface area contributed by atoms with Gasteiger partial charge in [0.05, 0.1) is 18.8 Å². The Balaban J connectivity index is 2.65. The molecule has 0 fully saturated rings. The van der Waals surface area contributed by atoms with E-state index in [1.807, 2.05) is 13.0 Å². The average Bonchev–Trinajstić information content (AvgIpc) is 2.49. The molecule has 0 radical (unpaired) electrons. The van der Waals surface area contributed by atoms with Gasteiger partial charge in [-0.3, -0.25) is 0 Å². The van der Waals surface area contributed by atoms with Crippen LogP contribution in [0, 0.1) is 0 Å². The van der Waals surface area contributed by atoms with Crippen molar-refractivity contribution >= 4 is 0 Å². The van der Waals surface area contributed by atoms with Crippen molar-refractivity contribution in [3.8, 4) is 5.75 Å². The van der Waals surface area contributed by atoms with E-state index in [0.717, 1.165) is 31.6 Å². The topological polar surface area (TPSA) is 49.7 Å². The molecule has 2 unspecified atom stereocenters. The molecule has 1 aromatic rings. The van der Waals surface area contributed by atoms with Crippen molar-refractivity contribution in [1.82, 2.24) is 0 Å². The fraction of sp³-hybridized carbons (Fsp3) is 0.647. The SMILES string of the molecule is CCCOc1ccc(CCC(O)C(O)CC)c(CC)c1. The summed E-state index contributed by atoms with van der Waals surface area (Å²) in [5.74, 6) is 0.918. The van der Waals surface area contributed by atoms with Crippen LogP contribution in [0.2, 0.25) is 0 Å². The Morgan fingerprint density at radius 1 is 1.05 bits per heavy atom. The van der Waals surface area contributed by atoms with Crippen LogP contribution in [0.5, 0.6) is 5.75 Å². The van der Waals surface area contributed by atoms with Crippen LogP contribution in [0.25, 0.3) is 0 Å². The van der Waals surface area contributed by atoms with Gasteiger partial charge in [0.1, 0.15) is 5.75 Å². The number of aliphatic hydroxyl groups excluding tert-OH is 2. The van der Waals surface area contributed by atoms with E-state index in [9.17, 15) is 10.2 Å². The number of aryl methyl sites for hydroxylation is 2. The van der Waals surface area contributed by atoms with Crippen molar-refractivity contribution in [2.75, 3.05) is 6.61 Å². The van der Waals surface area contributed by atoms with E-state index in [-0.39, 0.29) is 0 Å². The molecule has 0 aliphatic rings. The first kappa shape index (κ1) is 17.0. The highest BCUT2D eigenvalue weighted by atomic mass is 16.5. The minimum absolute atomic E-state index is 0.589. The molecule has 0 aliphatic heterocycles. The van der Waals surface area contributed by atoms with Gasteiger partial charge in [-0.15, -0.1) is 0 Å². The summed E-state index contributed by atoms with van der Waals surface area (Å²) in [7, 11) is 0. The molecule has 3 nitrogen and oxygen atoms in total. The number of hydrogen-bond donors (Lipinski definition) is 2. The largest absolute Gasteiger partial charge is 0.494 e. The zero-order chi connectivity index (χ0) is 15.0. The van der Waals surface area contributed by atoms with Crippen molar-refractivity contribution < 1.29 is 14.9 Å². The number of ether oxygens (including phenoxy) is 1. The minimum atomic E-state index is -0.638. The summed E-state index contributed by atoms with van der Waals surface area (Å²) >= 11 is 0. The van der Waals surface area contributed by atoms with Gasteiger partial charge in [0.2, 0.25) is 0 Å². The van der Waals surface area contributed by atoms with Crippen molar-refractivity contribution in [1.29, 1.82) is 0 Å². The molecular formula is C17H28O3. The van der Waals surface area contributed by atoms with E-state index in [0.29, 0.717) is 12.8 Å². The van der Waals surface area contributed by atoms with Crippen molar-refractivity contribution in [3.05, 3.63) is 29.3 Å². The minimum Gasteiger partial charge on any atom is -0.494 e. The molecule has 0 saturated heterocycles. The molecule has 0 aliphatic carbocycles. The van der Waals surface area contributed by atoms with Crippen LogP contribution >= 0.6 is 0 Å². The van der Waals surface area contributed by atoms with E-state index < -0.39 is 12.2 Å². The predicted molar refractivity (Wildman–Crippen MR) is 82.2 cm³/mol. The Hall–Kier alpha value is -1.06. The molecule has 0 bridgehead atoms. The normalized spacial score (nSPS) is 14.1. The monoisotopic (exact) mass is 280 g/mol. The molecule has 1 aromatic carbocycles. The second-order valence-corrected chi connectivity index (χ2v) is 5.21. The number of aliphatic hydroxyl groups is 2. The first-order valence-electron chi connectivity index (χ1n) is 7.73. The zero-order valence-corrected chi connectivity index (χ0v) is 12.9. The van der Waals surface area contributed by atoms with E-state index in [1.165, 1.54) is 11.1 Å². The van der Waals surface area contributed by atoms with Crippen LogP contribution in [0.15, 0.2) is 18.2 Å². The van der Waals surface area contributed by atoms with E-state index in [2.05, 4.69) is 26.0 Å². The fourth-order valence-electron chi connectivity index (χ4n) is 2.25. The van der Waals surface area contributed by atoms with Crippen LogP contribution < -0.4 is 4.74 Å². The lowest BCUT2D eigenvalue weighted by Crippen LogP contribution is -2.25. The summed E-state index contributed by atoms with van der Waals surface area (Å²) in [6, 6.07) is 6.16. The van der Waals surface area contributed by atoms with Crippen LogP contribution in [-0.4, -0.2) is 29.0 Å². The van der Waals surface area contributed by atoms with Crippen LogP contribution in [0.3, 0.4) is 0 Å². The van der Waals surface area contributed by atoms with Gasteiger partial charge in [0.15, 0.2) is 0 Å². The molecule has 0 saturated carbocycles. The first-order chi connectivity index (χ1) is 9.62. The van der Waals surface area contributed by atoms with Crippen molar-refractivity contribution in [2.24, 2.45) is 0 Å². The second kappa shape index (κ2) is 8.98. The third-order valence-corrected chi connectivity index (χ3v) is 3.60. The van der Waals surface area contributed by atoms with Crippen LogP contribution in [0.1, 0.15) is 51.2 Å². The molecule has 114 valence electrons. The van der Waals surface area contributed by atoms with Gasteiger partial charge in [-0.25, -0.2) is 0 Å². The van der Waals surface area contributed by atoms with Gasteiger partial charge < -0.3 is 14.9 Å². The standard InChI is InChI=1S/C17H28O3/c1-4-11-20-15-9-7-14(13(5-2)12-15)8-10-17(19)16(18)6-3/h7,9,12,16-19H,4-6,8,10-11H2,1-3H3. The Morgan fingerprint density at radius 3 is 2.40 bits per heavy atom. The van der Waals surface area contributed by atoms with E-state index in [1.54, 1.807) is 0 Å². The maximum absolute atomic E-state index is 9.84. The molecule has 0 spiro atoms. The lowest BCUT2D eigenvalue weighted by Gasteiger charge is -2.17. The first-order valence-corrected chi connectivity index (χ1v) is 7.73. The quantitative estimate of drug-likeness (QED) is 0.731. The number of benzene rings is 1. The Kier molecular flexibility index (Phi) is 7.63. The van der Waals surface area contributed by atoms with Gasteiger partial charge in [-0.05, 0) is 55.4 Å². The maximum atomic E-state index is 9.84. The van der Waals surface area contributed by atoms with Gasteiger partial charge >= 0.3 is 0 Å². The Labute approximate surface area is 122 Å². The molecule has 2 atom stereocenters. The molecule has 1 rings (SSSR count). The molecule has 0 amide bonds. The smallest absolute Gasteiger partial charge is 0.119 e. The maximum Gasteiger partial charge on any atom is 0.119 e. The summed E-state index contributed by atoms with van der Waals surface area (Å²) in [5.41, 5.74) is 2.50. The summed E-state index contributed by atoms with van der Waals surface area (Å²) in [6.45, 7) is 6.84. The molecular weight excluding hydrogens is 252 g/mol. The number of rotatable bonds is 9. The van der Waals surface area contributed by atoms with E-state index >= 15 is 0 Å². The fourth-order valence-corrected chi connectivity index (χ4v) is 2.25. The highest BCUT2D eigenvalue weighted by Crippen LogP contribution is 2.21. The lowest BCUT2D eigenvalue weighted by atomic mass is 9.97. The van der Waals surface area contributed by atoms with Gasteiger partial charge in [-0.1, -0.05) is 26.8 Å². The number of hydrogen-bond acceptors (Lipinski definition) is 3.